The molecule has 0 bridgehead atoms. The molecule has 76 valence electrons. The van der Waals surface area contributed by atoms with E-state index in [9.17, 15) is 0 Å². The van der Waals surface area contributed by atoms with E-state index in [4.69, 9.17) is 4.74 Å². The van der Waals surface area contributed by atoms with Crippen molar-refractivity contribution in [2.45, 2.75) is 6.92 Å². The van der Waals surface area contributed by atoms with Gasteiger partial charge in [0.25, 0.3) is 0 Å². The number of likely N-dealkylation sites (N-methyl/N-ethyl adjacent to an activating group) is 1. The Morgan fingerprint density at radius 2 is 2.36 bits per heavy atom. The van der Waals surface area contributed by atoms with Crippen LogP contribution in [0.25, 0.3) is 0 Å². The molecule has 1 heterocycles. The van der Waals surface area contributed by atoms with Gasteiger partial charge >= 0.3 is 0 Å². The maximum Gasteiger partial charge on any atom is 0.144 e. The molecule has 3 heteroatoms. The third-order valence-electron chi connectivity index (χ3n) is 2.46. The van der Waals surface area contributed by atoms with E-state index in [0.29, 0.717) is 6.61 Å². The van der Waals surface area contributed by atoms with Crippen molar-refractivity contribution in [2.24, 2.45) is 0 Å². The van der Waals surface area contributed by atoms with E-state index in [1.54, 1.807) is 0 Å². The Morgan fingerprint density at radius 3 is 3.14 bits per heavy atom. The van der Waals surface area contributed by atoms with E-state index >= 15 is 0 Å². The number of anilines is 2. The lowest BCUT2D eigenvalue weighted by atomic mass is 10.2. The Hall–Kier alpha value is -1.38. The Labute approximate surface area is 84.7 Å². The topological polar surface area (TPSA) is 24.5 Å². The quantitative estimate of drug-likeness (QED) is 0.775. The van der Waals surface area contributed by atoms with Gasteiger partial charge in [-0.15, -0.1) is 0 Å². The molecule has 0 saturated carbocycles. The number of nitrogens with zero attached hydrogens (tertiary/aromatic N) is 1. The van der Waals surface area contributed by atoms with Crippen molar-refractivity contribution in [1.29, 1.82) is 0 Å². The molecule has 1 aliphatic rings. The van der Waals surface area contributed by atoms with Crippen molar-refractivity contribution < 1.29 is 4.74 Å². The van der Waals surface area contributed by atoms with Crippen molar-refractivity contribution in [3.63, 3.8) is 0 Å². The van der Waals surface area contributed by atoms with Gasteiger partial charge in [0.05, 0.1) is 12.3 Å². The lowest BCUT2D eigenvalue weighted by molar-refractivity contribution is 0.341. The number of rotatable bonds is 2. The summed E-state index contributed by atoms with van der Waals surface area (Å²) in [6.07, 6.45) is 0. The molecule has 0 unspecified atom stereocenters. The minimum atomic E-state index is 0.710. The van der Waals surface area contributed by atoms with Crippen LogP contribution in [0.2, 0.25) is 0 Å². The van der Waals surface area contributed by atoms with E-state index in [2.05, 4.69) is 23.3 Å². The highest BCUT2D eigenvalue weighted by atomic mass is 16.5. The molecular weight excluding hydrogens is 176 g/mol. The molecule has 1 aliphatic heterocycles. The van der Waals surface area contributed by atoms with Crippen LogP contribution in [0.15, 0.2) is 18.2 Å². The van der Waals surface area contributed by atoms with Gasteiger partial charge < -0.3 is 15.0 Å². The summed E-state index contributed by atoms with van der Waals surface area (Å²) in [6.45, 7) is 4.74. The highest BCUT2D eigenvalue weighted by Crippen LogP contribution is 2.36. The first-order chi connectivity index (χ1) is 6.83. The summed E-state index contributed by atoms with van der Waals surface area (Å²) in [4.78, 5) is 2.24. The Morgan fingerprint density at radius 1 is 1.50 bits per heavy atom. The van der Waals surface area contributed by atoms with Gasteiger partial charge in [-0.3, -0.25) is 0 Å². The summed E-state index contributed by atoms with van der Waals surface area (Å²) in [5, 5.41) is 3.38. The largest absolute Gasteiger partial charge is 0.492 e. The van der Waals surface area contributed by atoms with Crippen LogP contribution in [-0.4, -0.2) is 26.7 Å². The van der Waals surface area contributed by atoms with Crippen LogP contribution in [0, 0.1) is 0 Å². The van der Waals surface area contributed by atoms with Crippen LogP contribution in [0.1, 0.15) is 6.92 Å². The predicted molar refractivity (Wildman–Crippen MR) is 59.4 cm³/mol. The van der Waals surface area contributed by atoms with Gasteiger partial charge in [0, 0.05) is 20.1 Å². The molecule has 0 amide bonds. The average molecular weight is 192 g/mol. The SMILES string of the molecule is CCOc1cccc2c1NCCN2C. The predicted octanol–water partition coefficient (Wildman–Crippen LogP) is 1.95. The minimum Gasteiger partial charge on any atom is -0.492 e. The fourth-order valence-electron chi connectivity index (χ4n) is 1.76. The van der Waals surface area contributed by atoms with Crippen molar-refractivity contribution >= 4 is 11.4 Å². The normalized spacial score (nSPS) is 14.6. The summed E-state index contributed by atoms with van der Waals surface area (Å²) in [5.74, 6) is 0.955. The lowest BCUT2D eigenvalue weighted by Crippen LogP contribution is -2.30. The van der Waals surface area contributed by atoms with E-state index in [-0.39, 0.29) is 0 Å². The molecule has 0 spiro atoms. The van der Waals surface area contributed by atoms with Gasteiger partial charge in [0.2, 0.25) is 0 Å². The molecule has 1 aromatic carbocycles. The zero-order chi connectivity index (χ0) is 9.97. The summed E-state index contributed by atoms with van der Waals surface area (Å²) < 4.78 is 5.56. The molecule has 0 radical (unpaired) electrons. The van der Waals surface area contributed by atoms with Crippen LogP contribution in [0.5, 0.6) is 5.75 Å². The lowest BCUT2D eigenvalue weighted by Gasteiger charge is -2.29. The second kappa shape index (κ2) is 3.78. The van der Waals surface area contributed by atoms with Crippen LogP contribution >= 0.6 is 0 Å². The third kappa shape index (κ3) is 1.50. The van der Waals surface area contributed by atoms with Gasteiger partial charge in [-0.25, -0.2) is 0 Å². The summed E-state index contributed by atoms with van der Waals surface area (Å²) in [6, 6.07) is 6.16. The molecule has 0 saturated heterocycles. The highest BCUT2D eigenvalue weighted by Gasteiger charge is 2.16. The first kappa shape index (κ1) is 9.19. The Kier molecular flexibility index (Phi) is 2.48. The second-order valence-corrected chi connectivity index (χ2v) is 3.43. The summed E-state index contributed by atoms with van der Waals surface area (Å²) >= 11 is 0. The van der Waals surface area contributed by atoms with Crippen LogP contribution in [0.4, 0.5) is 11.4 Å². The van der Waals surface area contributed by atoms with Crippen molar-refractivity contribution in [1.82, 2.24) is 0 Å². The van der Waals surface area contributed by atoms with Crippen LogP contribution < -0.4 is 15.0 Å². The van der Waals surface area contributed by atoms with E-state index in [0.717, 1.165) is 24.5 Å². The number of fused-ring (bicyclic) bond motifs is 1. The summed E-state index contributed by atoms with van der Waals surface area (Å²) in [5.41, 5.74) is 2.35. The zero-order valence-electron chi connectivity index (χ0n) is 8.71. The molecule has 1 aromatic rings. The van der Waals surface area contributed by atoms with Gasteiger partial charge in [-0.1, -0.05) is 6.07 Å². The number of benzene rings is 1. The van der Waals surface area contributed by atoms with Gasteiger partial charge in [-0.2, -0.15) is 0 Å². The van der Waals surface area contributed by atoms with Crippen molar-refractivity contribution in [3.05, 3.63) is 18.2 Å². The third-order valence-corrected chi connectivity index (χ3v) is 2.46. The molecule has 0 fully saturated rings. The highest BCUT2D eigenvalue weighted by molar-refractivity contribution is 5.77. The maximum absolute atomic E-state index is 5.56. The van der Waals surface area contributed by atoms with Crippen molar-refractivity contribution in [3.8, 4) is 5.75 Å². The second-order valence-electron chi connectivity index (χ2n) is 3.43. The monoisotopic (exact) mass is 192 g/mol. The molecule has 0 aromatic heterocycles. The number of nitrogens with one attached hydrogen (secondary N) is 1. The minimum absolute atomic E-state index is 0.710. The molecule has 1 N–H and O–H groups in total. The number of para-hydroxylation sites is 1. The molecular formula is C11H16N2O. The smallest absolute Gasteiger partial charge is 0.144 e. The maximum atomic E-state index is 5.56. The van der Waals surface area contributed by atoms with E-state index in [1.165, 1.54) is 5.69 Å². The van der Waals surface area contributed by atoms with Gasteiger partial charge in [-0.05, 0) is 19.1 Å². The van der Waals surface area contributed by atoms with Crippen LogP contribution in [-0.2, 0) is 0 Å². The summed E-state index contributed by atoms with van der Waals surface area (Å²) in [7, 11) is 2.11. The Bertz CT molecular complexity index is 325. The first-order valence-corrected chi connectivity index (χ1v) is 5.03. The van der Waals surface area contributed by atoms with Crippen LogP contribution in [0.3, 0.4) is 0 Å². The first-order valence-electron chi connectivity index (χ1n) is 5.03. The molecule has 3 nitrogen and oxygen atoms in total. The molecule has 0 aliphatic carbocycles. The zero-order valence-corrected chi connectivity index (χ0v) is 8.71. The number of hydrogen-bond donors (Lipinski definition) is 1. The fourth-order valence-corrected chi connectivity index (χ4v) is 1.76. The molecule has 14 heavy (non-hydrogen) atoms. The number of ether oxygens (including phenoxy) is 1. The van der Waals surface area contributed by atoms with E-state index in [1.807, 2.05) is 19.1 Å². The van der Waals surface area contributed by atoms with E-state index < -0.39 is 0 Å². The molecule has 2 rings (SSSR count). The van der Waals surface area contributed by atoms with Crippen molar-refractivity contribution in [2.75, 3.05) is 37.0 Å². The fraction of sp³-hybridized carbons (Fsp3) is 0.455. The average Bonchev–Trinajstić information content (AvgIpc) is 2.20. The Balaban J connectivity index is 2.39. The van der Waals surface area contributed by atoms with Gasteiger partial charge in [0.1, 0.15) is 11.4 Å². The number of hydrogen-bond acceptors (Lipinski definition) is 3. The molecule has 0 atom stereocenters. The van der Waals surface area contributed by atoms with Gasteiger partial charge in [0.15, 0.2) is 0 Å². The standard InChI is InChI=1S/C11H16N2O/c1-3-14-10-6-4-5-9-11(10)12-7-8-13(9)2/h4-6,12H,3,7-8H2,1-2H3.